The van der Waals surface area contributed by atoms with Gasteiger partial charge in [0.25, 0.3) is 0 Å². The number of fused-ring (bicyclic) bond motifs is 1. The van der Waals surface area contributed by atoms with Crippen LogP contribution in [0.25, 0.3) is 22.0 Å². The summed E-state index contributed by atoms with van der Waals surface area (Å²) in [5.74, 6) is -0.0509. The zero-order valence-electron chi connectivity index (χ0n) is 15.6. The number of hydrogen-bond acceptors (Lipinski definition) is 5. The molecule has 3 aromatic rings. The van der Waals surface area contributed by atoms with Crippen LogP contribution in [-0.4, -0.2) is 42.3 Å². The number of aromatic amines is 1. The summed E-state index contributed by atoms with van der Waals surface area (Å²) >= 11 is 6.36. The highest BCUT2D eigenvalue weighted by Gasteiger charge is 2.23. The molecule has 1 saturated heterocycles. The van der Waals surface area contributed by atoms with Gasteiger partial charge in [0.15, 0.2) is 5.82 Å². The van der Waals surface area contributed by atoms with Crippen LogP contribution in [0.15, 0.2) is 36.4 Å². The fourth-order valence-corrected chi connectivity index (χ4v) is 3.59. The normalized spacial score (nSPS) is 15.7. The highest BCUT2D eigenvalue weighted by Crippen LogP contribution is 2.33. The molecule has 0 bridgehead atoms. The van der Waals surface area contributed by atoms with Crippen LogP contribution in [0.1, 0.15) is 16.8 Å². The first kappa shape index (κ1) is 21.1. The first-order valence-corrected chi connectivity index (χ1v) is 9.32. The Balaban J connectivity index is 0.00000240. The van der Waals surface area contributed by atoms with Gasteiger partial charge in [0.2, 0.25) is 5.91 Å². The van der Waals surface area contributed by atoms with Crippen LogP contribution in [0.5, 0.6) is 0 Å². The number of carbonyl (C=O) groups is 2. The van der Waals surface area contributed by atoms with Gasteiger partial charge in [0, 0.05) is 22.5 Å². The molecule has 29 heavy (non-hydrogen) atoms. The van der Waals surface area contributed by atoms with Crippen molar-refractivity contribution >= 4 is 52.6 Å². The molecule has 1 aromatic heterocycles. The van der Waals surface area contributed by atoms with Gasteiger partial charge in [-0.25, -0.2) is 4.79 Å². The summed E-state index contributed by atoms with van der Waals surface area (Å²) in [7, 11) is 1.34. The molecule has 9 heteroatoms. The number of methoxy groups -OCH3 is 1. The minimum absolute atomic E-state index is 0. The number of aromatic nitrogens is 2. The Morgan fingerprint density at radius 3 is 2.79 bits per heavy atom. The van der Waals surface area contributed by atoms with Gasteiger partial charge in [0.05, 0.1) is 24.1 Å². The van der Waals surface area contributed by atoms with Crippen molar-refractivity contribution in [3.05, 3.63) is 47.0 Å². The summed E-state index contributed by atoms with van der Waals surface area (Å²) in [4.78, 5) is 24.3. The second-order valence-corrected chi connectivity index (χ2v) is 7.10. The molecule has 1 amide bonds. The predicted molar refractivity (Wildman–Crippen MR) is 115 cm³/mol. The van der Waals surface area contributed by atoms with E-state index in [-0.39, 0.29) is 24.2 Å². The third-order valence-electron chi connectivity index (χ3n) is 4.93. The van der Waals surface area contributed by atoms with Crippen molar-refractivity contribution < 1.29 is 14.3 Å². The third kappa shape index (κ3) is 4.22. The van der Waals surface area contributed by atoms with E-state index < -0.39 is 5.97 Å². The molecule has 7 nitrogen and oxygen atoms in total. The van der Waals surface area contributed by atoms with E-state index in [2.05, 4.69) is 20.8 Å². The fourth-order valence-electron chi connectivity index (χ4n) is 3.37. The van der Waals surface area contributed by atoms with Crippen molar-refractivity contribution in [1.82, 2.24) is 15.5 Å². The number of hydrogen-bond donors (Lipinski definition) is 3. The second-order valence-electron chi connectivity index (χ2n) is 6.70. The molecule has 0 spiro atoms. The maximum atomic E-state index is 12.4. The molecule has 1 atom stereocenters. The summed E-state index contributed by atoms with van der Waals surface area (Å²) in [5, 5.41) is 14.5. The number of ether oxygens (including phenoxy) is 1. The minimum atomic E-state index is -0.430. The number of amides is 1. The molecule has 0 unspecified atom stereocenters. The van der Waals surface area contributed by atoms with Gasteiger partial charge in [-0.2, -0.15) is 5.10 Å². The lowest BCUT2D eigenvalue weighted by Gasteiger charge is -2.09. The number of benzene rings is 2. The standard InChI is InChI=1S/C20H19ClN4O3.ClH/c1-28-20(27)12-2-4-16(21)14(9-12)11-3-5-17-15(8-11)18(25-24-17)23-19(26)13-6-7-22-10-13;/h2-5,8-9,13,22H,6-7,10H2,1H3,(H2,23,24,25,26);1H/t13-;/m1./s1. The van der Waals surface area contributed by atoms with Crippen LogP contribution < -0.4 is 10.6 Å². The molecule has 0 aliphatic carbocycles. The Morgan fingerprint density at radius 2 is 2.07 bits per heavy atom. The monoisotopic (exact) mass is 434 g/mol. The Bertz CT molecular complexity index is 1060. The van der Waals surface area contributed by atoms with E-state index in [0.29, 0.717) is 28.5 Å². The van der Waals surface area contributed by atoms with Crippen LogP contribution in [0.4, 0.5) is 5.82 Å². The predicted octanol–water partition coefficient (Wildman–Crippen LogP) is 3.64. The summed E-state index contributed by atoms with van der Waals surface area (Å²) in [6.45, 7) is 1.52. The lowest BCUT2D eigenvalue weighted by atomic mass is 10.0. The molecule has 2 heterocycles. The van der Waals surface area contributed by atoms with Crippen LogP contribution in [-0.2, 0) is 9.53 Å². The Hall–Kier alpha value is -2.61. The van der Waals surface area contributed by atoms with Gasteiger partial charge in [-0.1, -0.05) is 17.7 Å². The Kier molecular flexibility index (Phi) is 6.42. The SMILES string of the molecule is COC(=O)c1ccc(Cl)c(-c2ccc3[nH]nc(NC(=O)[C@@H]4CCNC4)c3c2)c1.Cl. The molecule has 152 valence electrons. The smallest absolute Gasteiger partial charge is 0.337 e. The number of rotatable bonds is 4. The maximum Gasteiger partial charge on any atom is 0.337 e. The van der Waals surface area contributed by atoms with Crippen LogP contribution in [0, 0.1) is 5.92 Å². The van der Waals surface area contributed by atoms with E-state index in [9.17, 15) is 9.59 Å². The van der Waals surface area contributed by atoms with Crippen molar-refractivity contribution in [2.24, 2.45) is 5.92 Å². The third-order valence-corrected chi connectivity index (χ3v) is 5.26. The fraction of sp³-hybridized carbons (Fsp3) is 0.250. The van der Waals surface area contributed by atoms with E-state index in [1.54, 1.807) is 18.2 Å². The highest BCUT2D eigenvalue weighted by atomic mass is 35.5. The lowest BCUT2D eigenvalue weighted by Crippen LogP contribution is -2.24. The zero-order chi connectivity index (χ0) is 19.7. The van der Waals surface area contributed by atoms with Gasteiger partial charge in [-0.15, -0.1) is 12.4 Å². The summed E-state index contributed by atoms with van der Waals surface area (Å²) < 4.78 is 4.79. The topological polar surface area (TPSA) is 96.1 Å². The molecule has 3 N–H and O–H groups in total. The average Bonchev–Trinajstić information content (AvgIpc) is 3.38. The van der Waals surface area contributed by atoms with Crippen LogP contribution in [0.2, 0.25) is 5.02 Å². The lowest BCUT2D eigenvalue weighted by molar-refractivity contribution is -0.119. The van der Waals surface area contributed by atoms with Crippen molar-refractivity contribution in [1.29, 1.82) is 0 Å². The number of H-pyrrole nitrogens is 1. The van der Waals surface area contributed by atoms with Crippen molar-refractivity contribution in [3.8, 4) is 11.1 Å². The molecular formula is C20H20Cl2N4O3. The maximum absolute atomic E-state index is 12.4. The molecule has 1 aliphatic heterocycles. The van der Waals surface area contributed by atoms with Crippen molar-refractivity contribution in [2.45, 2.75) is 6.42 Å². The largest absolute Gasteiger partial charge is 0.465 e. The van der Waals surface area contributed by atoms with Gasteiger partial charge in [-0.05, 0) is 48.9 Å². The highest BCUT2D eigenvalue weighted by molar-refractivity contribution is 6.33. The van der Waals surface area contributed by atoms with E-state index in [1.165, 1.54) is 7.11 Å². The molecule has 2 aromatic carbocycles. The molecule has 4 rings (SSSR count). The van der Waals surface area contributed by atoms with Crippen LogP contribution >= 0.6 is 24.0 Å². The summed E-state index contributed by atoms with van der Waals surface area (Å²) in [5.41, 5.74) is 2.72. The van der Waals surface area contributed by atoms with E-state index >= 15 is 0 Å². The summed E-state index contributed by atoms with van der Waals surface area (Å²) in [6.07, 6.45) is 0.815. The number of nitrogens with one attached hydrogen (secondary N) is 3. The molecule has 1 aliphatic rings. The Labute approximate surface area is 178 Å². The quantitative estimate of drug-likeness (QED) is 0.544. The van der Waals surface area contributed by atoms with Crippen LogP contribution in [0.3, 0.4) is 0 Å². The number of esters is 1. The first-order chi connectivity index (χ1) is 13.6. The zero-order valence-corrected chi connectivity index (χ0v) is 17.2. The van der Waals surface area contributed by atoms with Crippen molar-refractivity contribution in [2.75, 3.05) is 25.5 Å². The van der Waals surface area contributed by atoms with E-state index in [4.69, 9.17) is 16.3 Å². The number of nitrogens with zero attached hydrogens (tertiary/aromatic N) is 1. The van der Waals surface area contributed by atoms with Crippen molar-refractivity contribution in [3.63, 3.8) is 0 Å². The molecule has 1 fully saturated rings. The first-order valence-electron chi connectivity index (χ1n) is 8.95. The number of anilines is 1. The molecule has 0 radical (unpaired) electrons. The number of halogens is 2. The summed E-state index contributed by atoms with van der Waals surface area (Å²) in [6, 6.07) is 10.6. The van der Waals surface area contributed by atoms with E-state index in [0.717, 1.165) is 29.4 Å². The van der Waals surface area contributed by atoms with Gasteiger partial charge >= 0.3 is 5.97 Å². The second kappa shape index (κ2) is 8.82. The van der Waals surface area contributed by atoms with Gasteiger partial charge in [0.1, 0.15) is 0 Å². The minimum Gasteiger partial charge on any atom is -0.465 e. The van der Waals surface area contributed by atoms with E-state index in [1.807, 2.05) is 18.2 Å². The Morgan fingerprint density at radius 1 is 1.24 bits per heavy atom. The average molecular weight is 435 g/mol. The molecular weight excluding hydrogens is 415 g/mol. The van der Waals surface area contributed by atoms with Gasteiger partial charge in [-0.3, -0.25) is 9.89 Å². The van der Waals surface area contributed by atoms with Gasteiger partial charge < -0.3 is 15.4 Å². The molecule has 0 saturated carbocycles. The number of carbonyl (C=O) groups excluding carboxylic acids is 2.